The molecule has 0 saturated heterocycles. The van der Waals surface area contributed by atoms with Crippen molar-refractivity contribution in [2.24, 2.45) is 5.14 Å². The maximum absolute atomic E-state index is 13.9. The smallest absolute Gasteiger partial charge is 0.271 e. The first kappa shape index (κ1) is 16.2. The molecule has 0 fully saturated rings. The van der Waals surface area contributed by atoms with Crippen molar-refractivity contribution in [1.82, 2.24) is 0 Å². The molecule has 9 heteroatoms. The average Bonchev–Trinajstić information content (AvgIpc) is 2.36. The lowest BCUT2D eigenvalue weighted by Gasteiger charge is -2.09. The van der Waals surface area contributed by atoms with Crippen LogP contribution in [0, 0.1) is 5.82 Å². The van der Waals surface area contributed by atoms with Gasteiger partial charge in [-0.2, -0.15) is 21.6 Å². The van der Waals surface area contributed by atoms with Gasteiger partial charge in [-0.3, -0.25) is 4.72 Å². The van der Waals surface area contributed by atoms with Crippen molar-refractivity contribution in [3.05, 3.63) is 53.8 Å². The summed E-state index contributed by atoms with van der Waals surface area (Å²) in [4.78, 5) is 0. The highest BCUT2D eigenvalue weighted by atomic mass is 32.2. The van der Waals surface area contributed by atoms with E-state index in [2.05, 4.69) is 0 Å². The fraction of sp³-hybridized carbons (Fsp3) is 0.0769. The largest absolute Gasteiger partial charge is 0.416 e. The molecule has 0 atom stereocenters. The van der Waals surface area contributed by atoms with Crippen LogP contribution in [0.5, 0.6) is 0 Å². The Morgan fingerprint density at radius 1 is 1.00 bits per heavy atom. The van der Waals surface area contributed by atoms with Crippen LogP contribution in [0.25, 0.3) is 11.1 Å². The van der Waals surface area contributed by atoms with Gasteiger partial charge in [-0.15, -0.1) is 0 Å². The summed E-state index contributed by atoms with van der Waals surface area (Å²) >= 11 is 0. The quantitative estimate of drug-likeness (QED) is 0.847. The molecule has 0 spiro atoms. The maximum atomic E-state index is 13.9. The molecule has 2 rings (SSSR count). The topological polar surface area (TPSA) is 72.2 Å². The van der Waals surface area contributed by atoms with Crippen LogP contribution in [0.4, 0.5) is 23.2 Å². The van der Waals surface area contributed by atoms with E-state index in [0.29, 0.717) is 0 Å². The molecule has 0 saturated carbocycles. The summed E-state index contributed by atoms with van der Waals surface area (Å²) in [5.41, 5.74) is -0.666. The third-order valence-electron chi connectivity index (χ3n) is 2.75. The van der Waals surface area contributed by atoms with E-state index >= 15 is 0 Å². The maximum Gasteiger partial charge on any atom is 0.416 e. The van der Waals surface area contributed by atoms with E-state index in [1.54, 1.807) is 0 Å². The Labute approximate surface area is 123 Å². The normalized spacial score (nSPS) is 12.2. The number of rotatable bonds is 3. The molecule has 0 aliphatic heterocycles. The van der Waals surface area contributed by atoms with Crippen molar-refractivity contribution >= 4 is 15.9 Å². The molecule has 0 amide bonds. The predicted molar refractivity (Wildman–Crippen MR) is 73.6 cm³/mol. The molecular weight excluding hydrogens is 324 g/mol. The fourth-order valence-electron chi connectivity index (χ4n) is 1.82. The number of benzene rings is 2. The Balaban J connectivity index is 2.34. The van der Waals surface area contributed by atoms with Gasteiger partial charge in [0.05, 0.1) is 11.3 Å². The van der Waals surface area contributed by atoms with Crippen LogP contribution in [0.15, 0.2) is 42.5 Å². The molecule has 22 heavy (non-hydrogen) atoms. The summed E-state index contributed by atoms with van der Waals surface area (Å²) < 4.78 is 74.9. The Morgan fingerprint density at radius 3 is 2.05 bits per heavy atom. The minimum absolute atomic E-state index is 0.0358. The highest BCUT2D eigenvalue weighted by molar-refractivity contribution is 7.90. The number of anilines is 1. The first-order valence-electron chi connectivity index (χ1n) is 5.84. The van der Waals surface area contributed by atoms with E-state index in [4.69, 9.17) is 5.14 Å². The van der Waals surface area contributed by atoms with Gasteiger partial charge in [0.1, 0.15) is 5.82 Å². The Kier molecular flexibility index (Phi) is 4.12. The highest BCUT2D eigenvalue weighted by Gasteiger charge is 2.30. The van der Waals surface area contributed by atoms with Crippen molar-refractivity contribution in [3.63, 3.8) is 0 Å². The second-order valence-corrected chi connectivity index (χ2v) is 5.71. The highest BCUT2D eigenvalue weighted by Crippen LogP contribution is 2.32. The molecule has 118 valence electrons. The Morgan fingerprint density at radius 2 is 1.59 bits per heavy atom. The molecule has 0 aliphatic carbocycles. The lowest BCUT2D eigenvalue weighted by atomic mass is 10.0. The van der Waals surface area contributed by atoms with Gasteiger partial charge in [-0.25, -0.2) is 9.53 Å². The number of halogens is 4. The summed E-state index contributed by atoms with van der Waals surface area (Å²) in [5, 5.41) is 4.76. The average molecular weight is 334 g/mol. The second-order valence-electron chi connectivity index (χ2n) is 4.42. The zero-order chi connectivity index (χ0) is 16.5. The first-order chi connectivity index (χ1) is 10.1. The van der Waals surface area contributed by atoms with Gasteiger partial charge < -0.3 is 0 Å². The van der Waals surface area contributed by atoms with Crippen LogP contribution < -0.4 is 9.86 Å². The minimum atomic E-state index is -4.47. The van der Waals surface area contributed by atoms with Crippen LogP contribution in [0.3, 0.4) is 0 Å². The lowest BCUT2D eigenvalue weighted by molar-refractivity contribution is -0.137. The third kappa shape index (κ3) is 3.95. The summed E-state index contributed by atoms with van der Waals surface area (Å²) in [6, 6.07) is 7.32. The van der Waals surface area contributed by atoms with E-state index in [-0.39, 0.29) is 16.8 Å². The van der Waals surface area contributed by atoms with Gasteiger partial charge in [0.25, 0.3) is 10.2 Å². The van der Waals surface area contributed by atoms with Crippen molar-refractivity contribution in [1.29, 1.82) is 0 Å². The molecule has 0 aromatic heterocycles. The van der Waals surface area contributed by atoms with Gasteiger partial charge in [-0.05, 0) is 35.9 Å². The fourth-order valence-corrected chi connectivity index (χ4v) is 2.27. The van der Waals surface area contributed by atoms with Crippen LogP contribution >= 0.6 is 0 Å². The number of nitrogens with two attached hydrogens (primary N) is 1. The molecule has 4 nitrogen and oxygen atoms in total. The second kappa shape index (κ2) is 5.58. The van der Waals surface area contributed by atoms with Crippen molar-refractivity contribution in [2.45, 2.75) is 6.18 Å². The van der Waals surface area contributed by atoms with Crippen molar-refractivity contribution < 1.29 is 26.0 Å². The van der Waals surface area contributed by atoms with Crippen LogP contribution in [0.1, 0.15) is 5.56 Å². The van der Waals surface area contributed by atoms with E-state index in [1.807, 2.05) is 4.72 Å². The Bertz CT molecular complexity index is 787. The Hall–Kier alpha value is -2.13. The zero-order valence-electron chi connectivity index (χ0n) is 10.9. The van der Waals surface area contributed by atoms with E-state index in [1.165, 1.54) is 12.1 Å². The number of hydrogen-bond acceptors (Lipinski definition) is 2. The molecule has 0 unspecified atom stereocenters. The van der Waals surface area contributed by atoms with E-state index < -0.39 is 27.8 Å². The van der Waals surface area contributed by atoms with Crippen LogP contribution in [-0.4, -0.2) is 8.42 Å². The van der Waals surface area contributed by atoms with Crippen LogP contribution in [-0.2, 0) is 16.4 Å². The van der Waals surface area contributed by atoms with Crippen molar-refractivity contribution in [2.75, 3.05) is 4.72 Å². The molecule has 0 heterocycles. The lowest BCUT2D eigenvalue weighted by Crippen LogP contribution is -2.21. The number of nitrogens with one attached hydrogen (secondary N) is 1. The van der Waals surface area contributed by atoms with E-state index in [0.717, 1.165) is 30.3 Å². The van der Waals surface area contributed by atoms with E-state index in [9.17, 15) is 26.0 Å². The molecule has 0 aliphatic rings. The first-order valence-corrected chi connectivity index (χ1v) is 7.38. The molecule has 2 aromatic rings. The van der Waals surface area contributed by atoms with Crippen molar-refractivity contribution in [3.8, 4) is 11.1 Å². The molecule has 0 radical (unpaired) electrons. The summed E-state index contributed by atoms with van der Waals surface area (Å²) in [7, 11) is -4.04. The van der Waals surface area contributed by atoms with Gasteiger partial charge in [0.2, 0.25) is 0 Å². The van der Waals surface area contributed by atoms with Gasteiger partial charge in [0.15, 0.2) is 0 Å². The summed E-state index contributed by atoms with van der Waals surface area (Å²) in [5.74, 6) is -0.798. The standard InChI is InChI=1S/C13H10F4N2O2S/c14-12-7-10(19-22(18,20)21)5-6-11(12)8-1-3-9(4-2-8)13(15,16)17/h1-7,19H,(H2,18,20,21). The van der Waals surface area contributed by atoms with Gasteiger partial charge in [-0.1, -0.05) is 12.1 Å². The minimum Gasteiger partial charge on any atom is -0.271 e. The molecule has 2 aromatic carbocycles. The summed E-state index contributed by atoms with van der Waals surface area (Å²) in [6.45, 7) is 0. The summed E-state index contributed by atoms with van der Waals surface area (Å²) in [6.07, 6.45) is -4.47. The molecule has 3 N–H and O–H groups in total. The SMILES string of the molecule is NS(=O)(=O)Nc1ccc(-c2ccc(C(F)(F)F)cc2)c(F)c1. The monoisotopic (exact) mass is 334 g/mol. The third-order valence-corrected chi connectivity index (χ3v) is 3.27. The van der Waals surface area contributed by atoms with Gasteiger partial charge in [0, 0.05) is 5.56 Å². The number of alkyl halides is 3. The van der Waals surface area contributed by atoms with Crippen LogP contribution in [0.2, 0.25) is 0 Å². The molecule has 0 bridgehead atoms. The van der Waals surface area contributed by atoms with Gasteiger partial charge >= 0.3 is 6.18 Å². The zero-order valence-corrected chi connectivity index (χ0v) is 11.7. The molecular formula is C13H10F4N2O2S. The predicted octanol–water partition coefficient (Wildman–Crippen LogP) is 3.13. The number of hydrogen-bond donors (Lipinski definition) is 2.